The van der Waals surface area contributed by atoms with Crippen molar-refractivity contribution in [1.29, 1.82) is 0 Å². The molecule has 1 heterocycles. The van der Waals surface area contributed by atoms with E-state index in [9.17, 15) is 4.79 Å². The standard InChI is InChI=1S/C14H12N2O2/c1-18-11-4-2-3-9(7-11)14-15-8-10-5-6-12(17)13(10)16-14/h2-4,7-8H,5-6H2,1H3. The van der Waals surface area contributed by atoms with E-state index in [1.54, 1.807) is 13.3 Å². The van der Waals surface area contributed by atoms with E-state index in [0.717, 1.165) is 23.3 Å². The monoisotopic (exact) mass is 240 g/mol. The summed E-state index contributed by atoms with van der Waals surface area (Å²) in [4.78, 5) is 20.3. The van der Waals surface area contributed by atoms with Crippen LogP contribution in [0.1, 0.15) is 22.5 Å². The van der Waals surface area contributed by atoms with Crippen molar-refractivity contribution in [2.24, 2.45) is 0 Å². The fourth-order valence-electron chi connectivity index (χ4n) is 2.10. The molecule has 90 valence electrons. The molecular formula is C14H12N2O2. The van der Waals surface area contributed by atoms with Gasteiger partial charge in [0.05, 0.1) is 7.11 Å². The Hall–Kier alpha value is -2.23. The van der Waals surface area contributed by atoms with Gasteiger partial charge in [-0.25, -0.2) is 9.97 Å². The van der Waals surface area contributed by atoms with Gasteiger partial charge in [-0.15, -0.1) is 0 Å². The third-order valence-corrected chi connectivity index (χ3v) is 3.08. The zero-order chi connectivity index (χ0) is 12.5. The summed E-state index contributed by atoms with van der Waals surface area (Å²) in [5.41, 5.74) is 2.38. The molecule has 0 radical (unpaired) electrons. The molecule has 4 nitrogen and oxygen atoms in total. The normalized spacial score (nSPS) is 13.5. The lowest BCUT2D eigenvalue weighted by Crippen LogP contribution is -1.99. The first-order chi connectivity index (χ1) is 8.78. The minimum atomic E-state index is 0.108. The van der Waals surface area contributed by atoms with Crippen LogP contribution < -0.4 is 4.74 Å². The summed E-state index contributed by atoms with van der Waals surface area (Å²) in [5.74, 6) is 1.43. The summed E-state index contributed by atoms with van der Waals surface area (Å²) in [6.07, 6.45) is 3.06. The number of aromatic nitrogens is 2. The Kier molecular flexibility index (Phi) is 2.55. The van der Waals surface area contributed by atoms with Crippen LogP contribution >= 0.6 is 0 Å². The fraction of sp³-hybridized carbons (Fsp3) is 0.214. The summed E-state index contributed by atoms with van der Waals surface area (Å²) in [6, 6.07) is 7.51. The molecule has 0 spiro atoms. The van der Waals surface area contributed by atoms with Gasteiger partial charge < -0.3 is 4.74 Å². The molecule has 0 bridgehead atoms. The number of aryl methyl sites for hydroxylation is 1. The fourth-order valence-corrected chi connectivity index (χ4v) is 2.10. The number of hydrogen-bond acceptors (Lipinski definition) is 4. The highest BCUT2D eigenvalue weighted by atomic mass is 16.5. The predicted octanol–water partition coefficient (Wildman–Crippen LogP) is 2.28. The number of rotatable bonds is 2. The van der Waals surface area contributed by atoms with Crippen LogP contribution in [0, 0.1) is 0 Å². The van der Waals surface area contributed by atoms with Crippen molar-refractivity contribution in [2.45, 2.75) is 12.8 Å². The summed E-state index contributed by atoms with van der Waals surface area (Å²) >= 11 is 0. The highest BCUT2D eigenvalue weighted by molar-refractivity contribution is 5.98. The molecule has 1 aromatic carbocycles. The van der Waals surface area contributed by atoms with Gasteiger partial charge in [0.1, 0.15) is 11.4 Å². The molecular weight excluding hydrogens is 228 g/mol. The van der Waals surface area contributed by atoms with Gasteiger partial charge in [-0.3, -0.25) is 4.79 Å². The summed E-state index contributed by atoms with van der Waals surface area (Å²) in [5, 5.41) is 0. The van der Waals surface area contributed by atoms with Gasteiger partial charge in [-0.2, -0.15) is 0 Å². The lowest BCUT2D eigenvalue weighted by molar-refractivity contribution is 0.0990. The number of nitrogens with zero attached hydrogens (tertiary/aromatic N) is 2. The Labute approximate surface area is 105 Å². The maximum atomic E-state index is 11.7. The number of Topliss-reactive ketones (excluding diaryl/α,β-unsaturated/α-hetero) is 1. The lowest BCUT2D eigenvalue weighted by Gasteiger charge is -2.04. The van der Waals surface area contributed by atoms with E-state index in [1.165, 1.54) is 0 Å². The number of methoxy groups -OCH3 is 1. The van der Waals surface area contributed by atoms with Crippen molar-refractivity contribution < 1.29 is 9.53 Å². The Morgan fingerprint density at radius 3 is 3.00 bits per heavy atom. The topological polar surface area (TPSA) is 52.1 Å². The first kappa shape index (κ1) is 10.9. The highest BCUT2D eigenvalue weighted by Crippen LogP contribution is 2.24. The van der Waals surface area contributed by atoms with Gasteiger partial charge in [-0.05, 0) is 18.6 Å². The van der Waals surface area contributed by atoms with Crippen molar-refractivity contribution in [3.05, 3.63) is 41.7 Å². The van der Waals surface area contributed by atoms with Crippen LogP contribution in [0.2, 0.25) is 0 Å². The molecule has 2 aromatic rings. The SMILES string of the molecule is COc1cccc(-c2ncc3c(n2)C(=O)CC3)c1. The predicted molar refractivity (Wildman–Crippen MR) is 66.7 cm³/mol. The van der Waals surface area contributed by atoms with Gasteiger partial charge in [0.15, 0.2) is 11.6 Å². The summed E-state index contributed by atoms with van der Waals surface area (Å²) < 4.78 is 5.17. The van der Waals surface area contributed by atoms with Crippen LogP contribution in [0.4, 0.5) is 0 Å². The molecule has 0 atom stereocenters. The molecule has 18 heavy (non-hydrogen) atoms. The molecule has 1 aromatic heterocycles. The maximum Gasteiger partial charge on any atom is 0.181 e. The van der Waals surface area contributed by atoms with E-state index in [-0.39, 0.29) is 5.78 Å². The Balaban J connectivity index is 2.07. The quantitative estimate of drug-likeness (QED) is 0.808. The highest BCUT2D eigenvalue weighted by Gasteiger charge is 2.22. The minimum Gasteiger partial charge on any atom is -0.497 e. The van der Waals surface area contributed by atoms with Crippen LogP contribution in [0.15, 0.2) is 30.5 Å². The van der Waals surface area contributed by atoms with Crippen molar-refractivity contribution in [2.75, 3.05) is 7.11 Å². The molecule has 0 amide bonds. The Bertz CT molecular complexity index is 623. The van der Waals surface area contributed by atoms with E-state index < -0.39 is 0 Å². The van der Waals surface area contributed by atoms with Crippen molar-refractivity contribution in [1.82, 2.24) is 9.97 Å². The number of carbonyl (C=O) groups excluding carboxylic acids is 1. The van der Waals surface area contributed by atoms with E-state index in [0.29, 0.717) is 17.9 Å². The average Bonchev–Trinajstić information content (AvgIpc) is 2.80. The van der Waals surface area contributed by atoms with Gasteiger partial charge in [-0.1, -0.05) is 12.1 Å². The third-order valence-electron chi connectivity index (χ3n) is 3.08. The van der Waals surface area contributed by atoms with E-state index >= 15 is 0 Å². The molecule has 1 aliphatic rings. The second kappa shape index (κ2) is 4.22. The zero-order valence-corrected chi connectivity index (χ0v) is 10.0. The van der Waals surface area contributed by atoms with Crippen LogP contribution in [-0.4, -0.2) is 22.9 Å². The molecule has 0 N–H and O–H groups in total. The third kappa shape index (κ3) is 1.76. The molecule has 1 aliphatic carbocycles. The average molecular weight is 240 g/mol. The number of fused-ring (bicyclic) bond motifs is 1. The molecule has 0 saturated heterocycles. The Morgan fingerprint density at radius 2 is 2.17 bits per heavy atom. The molecule has 0 fully saturated rings. The molecule has 0 unspecified atom stereocenters. The number of benzene rings is 1. The molecule has 0 saturated carbocycles. The van der Waals surface area contributed by atoms with Gasteiger partial charge in [0.25, 0.3) is 0 Å². The van der Waals surface area contributed by atoms with Crippen LogP contribution in [0.25, 0.3) is 11.4 Å². The largest absolute Gasteiger partial charge is 0.497 e. The van der Waals surface area contributed by atoms with E-state index in [2.05, 4.69) is 9.97 Å². The van der Waals surface area contributed by atoms with Crippen molar-refractivity contribution >= 4 is 5.78 Å². The lowest BCUT2D eigenvalue weighted by atomic mass is 10.2. The second-order valence-corrected chi connectivity index (χ2v) is 4.22. The number of ether oxygens (including phenoxy) is 1. The van der Waals surface area contributed by atoms with Crippen LogP contribution in [0.3, 0.4) is 0 Å². The van der Waals surface area contributed by atoms with Crippen LogP contribution in [-0.2, 0) is 6.42 Å². The van der Waals surface area contributed by atoms with Crippen LogP contribution in [0.5, 0.6) is 5.75 Å². The van der Waals surface area contributed by atoms with Crippen molar-refractivity contribution in [3.63, 3.8) is 0 Å². The number of hydrogen-bond donors (Lipinski definition) is 0. The van der Waals surface area contributed by atoms with Crippen molar-refractivity contribution in [3.8, 4) is 17.1 Å². The Morgan fingerprint density at radius 1 is 1.28 bits per heavy atom. The molecule has 4 heteroatoms. The van der Waals surface area contributed by atoms with Gasteiger partial charge in [0.2, 0.25) is 0 Å². The van der Waals surface area contributed by atoms with E-state index in [1.807, 2.05) is 24.3 Å². The number of ketones is 1. The number of carbonyl (C=O) groups is 1. The minimum absolute atomic E-state index is 0.108. The summed E-state index contributed by atoms with van der Waals surface area (Å²) in [7, 11) is 1.62. The first-order valence-corrected chi connectivity index (χ1v) is 5.81. The smallest absolute Gasteiger partial charge is 0.181 e. The molecule has 0 aliphatic heterocycles. The molecule has 3 rings (SSSR count). The first-order valence-electron chi connectivity index (χ1n) is 5.81. The van der Waals surface area contributed by atoms with E-state index in [4.69, 9.17) is 4.74 Å². The van der Waals surface area contributed by atoms with Gasteiger partial charge >= 0.3 is 0 Å². The van der Waals surface area contributed by atoms with Gasteiger partial charge in [0, 0.05) is 23.7 Å². The zero-order valence-electron chi connectivity index (χ0n) is 10.0. The maximum absolute atomic E-state index is 11.7. The summed E-state index contributed by atoms with van der Waals surface area (Å²) in [6.45, 7) is 0. The second-order valence-electron chi connectivity index (χ2n) is 4.22.